The van der Waals surface area contributed by atoms with Crippen molar-refractivity contribution in [2.24, 2.45) is 11.3 Å². The van der Waals surface area contributed by atoms with Crippen LogP contribution in [0.3, 0.4) is 0 Å². The number of fused-ring (bicyclic) bond motifs is 1. The van der Waals surface area contributed by atoms with Gasteiger partial charge in [0.25, 0.3) is 0 Å². The molecule has 2 atom stereocenters. The largest absolute Gasteiger partial charge is 0.293 e. The summed E-state index contributed by atoms with van der Waals surface area (Å²) in [5, 5.41) is 10.9. The van der Waals surface area contributed by atoms with Gasteiger partial charge in [-0.15, -0.1) is 0 Å². The summed E-state index contributed by atoms with van der Waals surface area (Å²) in [6.45, 7) is 1.59. The van der Waals surface area contributed by atoms with E-state index >= 15 is 0 Å². The number of carbonyl (C=O) groups is 2. The molecule has 1 spiro atoms. The number of carbonyl (C=O) groups excluding carboxylic acids is 2. The van der Waals surface area contributed by atoms with Crippen molar-refractivity contribution in [1.82, 2.24) is 0 Å². The normalized spacial score (nSPS) is 28.3. The lowest BCUT2D eigenvalue weighted by Crippen LogP contribution is -2.25. The van der Waals surface area contributed by atoms with Crippen molar-refractivity contribution < 1.29 is 14.5 Å². The van der Waals surface area contributed by atoms with Crippen molar-refractivity contribution in [2.45, 2.75) is 13.0 Å². The molecule has 0 amide bonds. The molecule has 0 bridgehead atoms. The van der Waals surface area contributed by atoms with E-state index in [0.29, 0.717) is 11.1 Å². The number of nitrogens with zero attached hydrogens (tertiary/aromatic N) is 1. The molecule has 1 fully saturated rings. The topological polar surface area (TPSA) is 77.3 Å². The van der Waals surface area contributed by atoms with E-state index in [1.54, 1.807) is 31.2 Å². The molecule has 1 saturated carbocycles. The second-order valence-corrected chi connectivity index (χ2v) is 4.59. The molecule has 2 aliphatic carbocycles. The van der Waals surface area contributed by atoms with Crippen molar-refractivity contribution in [3.63, 3.8) is 0 Å². The third kappa shape index (κ3) is 0.906. The molecule has 1 aromatic rings. The Balaban J connectivity index is 2.18. The third-order valence-corrected chi connectivity index (χ3v) is 3.94. The highest BCUT2D eigenvalue weighted by Crippen LogP contribution is 2.61. The average Bonchev–Trinajstić information content (AvgIpc) is 2.88. The Kier molecular flexibility index (Phi) is 1.67. The van der Waals surface area contributed by atoms with Gasteiger partial charge in [-0.1, -0.05) is 31.2 Å². The standard InChI is InChI=1S/C12H9NO4/c1-6-9(13(16)17)12(6)10(14)7-4-2-3-5-8(7)11(12)15/h2-6,9H,1H3/t6-,9+/m1/s1. The zero-order valence-electron chi connectivity index (χ0n) is 9.04. The molecule has 3 rings (SSSR count). The van der Waals surface area contributed by atoms with E-state index in [2.05, 4.69) is 0 Å². The summed E-state index contributed by atoms with van der Waals surface area (Å²) in [6, 6.07) is 5.39. The molecule has 0 saturated heterocycles. The van der Waals surface area contributed by atoms with Crippen LogP contribution < -0.4 is 0 Å². The summed E-state index contributed by atoms with van der Waals surface area (Å²) in [5.41, 5.74) is -0.755. The molecule has 0 unspecified atom stereocenters. The minimum absolute atomic E-state index is 0.328. The van der Waals surface area contributed by atoms with E-state index in [0.717, 1.165) is 0 Å². The molecule has 0 heterocycles. The maximum Gasteiger partial charge on any atom is 0.238 e. The minimum Gasteiger partial charge on any atom is -0.293 e. The van der Waals surface area contributed by atoms with Gasteiger partial charge >= 0.3 is 0 Å². The molecule has 5 nitrogen and oxygen atoms in total. The zero-order chi connectivity index (χ0) is 12.4. The van der Waals surface area contributed by atoms with Gasteiger partial charge in [0.15, 0.2) is 17.0 Å². The molecule has 1 aromatic carbocycles. The second-order valence-electron chi connectivity index (χ2n) is 4.59. The van der Waals surface area contributed by atoms with E-state index in [4.69, 9.17) is 0 Å². The third-order valence-electron chi connectivity index (χ3n) is 3.94. The van der Waals surface area contributed by atoms with E-state index in [9.17, 15) is 19.7 Å². The lowest BCUT2D eigenvalue weighted by Gasteiger charge is -2.00. The predicted octanol–water partition coefficient (Wildman–Crippen LogP) is 1.35. The Hall–Kier alpha value is -2.04. The van der Waals surface area contributed by atoms with Crippen molar-refractivity contribution in [2.75, 3.05) is 0 Å². The second kappa shape index (κ2) is 2.80. The van der Waals surface area contributed by atoms with Gasteiger partial charge in [0, 0.05) is 16.1 Å². The first-order valence-electron chi connectivity index (χ1n) is 5.35. The van der Waals surface area contributed by atoms with Gasteiger partial charge < -0.3 is 0 Å². The number of ketones is 2. The maximum atomic E-state index is 12.2. The average molecular weight is 231 g/mol. The van der Waals surface area contributed by atoms with Crippen LogP contribution in [0.1, 0.15) is 27.6 Å². The Labute approximate surface area is 96.6 Å². The van der Waals surface area contributed by atoms with Crippen LogP contribution in [0.5, 0.6) is 0 Å². The molecule has 0 aromatic heterocycles. The van der Waals surface area contributed by atoms with Crippen molar-refractivity contribution in [3.05, 3.63) is 45.5 Å². The van der Waals surface area contributed by atoms with Crippen molar-refractivity contribution >= 4 is 11.6 Å². The van der Waals surface area contributed by atoms with Crippen LogP contribution in [-0.2, 0) is 0 Å². The van der Waals surface area contributed by atoms with Gasteiger partial charge in [0.05, 0.1) is 5.92 Å². The fraction of sp³-hybridized carbons (Fsp3) is 0.333. The Bertz CT molecular complexity index is 543. The fourth-order valence-electron chi connectivity index (χ4n) is 3.00. The first kappa shape index (κ1) is 10.1. The Morgan fingerprint density at radius 1 is 1.18 bits per heavy atom. The molecule has 86 valence electrons. The van der Waals surface area contributed by atoms with Crippen LogP contribution in [0.4, 0.5) is 0 Å². The number of rotatable bonds is 1. The lowest BCUT2D eigenvalue weighted by atomic mass is 9.97. The van der Waals surface area contributed by atoms with E-state index in [-0.39, 0.29) is 11.6 Å². The molecule has 0 radical (unpaired) electrons. The van der Waals surface area contributed by atoms with Gasteiger partial charge in [0.1, 0.15) is 0 Å². The van der Waals surface area contributed by atoms with Crippen molar-refractivity contribution in [3.8, 4) is 0 Å². The van der Waals surface area contributed by atoms with Gasteiger partial charge in [-0.25, -0.2) is 0 Å². The maximum absolute atomic E-state index is 12.2. The molecule has 0 N–H and O–H groups in total. The highest BCUT2D eigenvalue weighted by atomic mass is 16.6. The molecular formula is C12H9NO4. The summed E-state index contributed by atoms with van der Waals surface area (Å²) in [7, 11) is 0. The van der Waals surface area contributed by atoms with Crippen LogP contribution in [0.25, 0.3) is 0 Å². The predicted molar refractivity (Wildman–Crippen MR) is 57.5 cm³/mol. The summed E-state index contributed by atoms with van der Waals surface area (Å²) in [5.74, 6) is -1.27. The number of hydrogen-bond acceptors (Lipinski definition) is 4. The molecule has 5 heteroatoms. The fourth-order valence-corrected chi connectivity index (χ4v) is 3.00. The quantitative estimate of drug-likeness (QED) is 0.415. The van der Waals surface area contributed by atoms with Gasteiger partial charge in [-0.3, -0.25) is 19.7 Å². The van der Waals surface area contributed by atoms with Gasteiger partial charge in [-0.05, 0) is 0 Å². The highest BCUT2D eigenvalue weighted by Gasteiger charge is 2.82. The van der Waals surface area contributed by atoms with Gasteiger partial charge in [-0.2, -0.15) is 0 Å². The number of benzene rings is 1. The monoisotopic (exact) mass is 231 g/mol. The number of nitro groups is 1. The zero-order valence-corrected chi connectivity index (χ0v) is 9.04. The van der Waals surface area contributed by atoms with Crippen molar-refractivity contribution in [1.29, 1.82) is 0 Å². The summed E-state index contributed by atoms with van der Waals surface area (Å²) in [4.78, 5) is 34.8. The van der Waals surface area contributed by atoms with E-state index in [1.165, 1.54) is 0 Å². The highest BCUT2D eigenvalue weighted by molar-refractivity contribution is 6.32. The molecule has 2 aliphatic rings. The Morgan fingerprint density at radius 2 is 1.65 bits per heavy atom. The first-order valence-corrected chi connectivity index (χ1v) is 5.35. The number of Topliss-reactive ketones (excluding diaryl/α,β-unsaturated/α-hetero) is 2. The lowest BCUT2D eigenvalue weighted by molar-refractivity contribution is -0.501. The van der Waals surface area contributed by atoms with E-state index < -0.39 is 22.3 Å². The van der Waals surface area contributed by atoms with Crippen LogP contribution in [-0.4, -0.2) is 22.5 Å². The van der Waals surface area contributed by atoms with E-state index in [1.807, 2.05) is 0 Å². The SMILES string of the molecule is C[C@@H]1[C@H]([N+](=O)[O-])C12C(=O)c1ccccc1C2=O. The van der Waals surface area contributed by atoms with Crippen LogP contribution in [0.15, 0.2) is 24.3 Å². The smallest absolute Gasteiger partial charge is 0.238 e. The van der Waals surface area contributed by atoms with Crippen LogP contribution >= 0.6 is 0 Å². The van der Waals surface area contributed by atoms with Crippen LogP contribution in [0, 0.1) is 21.4 Å². The summed E-state index contributed by atoms with van der Waals surface area (Å²) < 4.78 is 0. The van der Waals surface area contributed by atoms with Gasteiger partial charge in [0.2, 0.25) is 6.04 Å². The number of hydrogen-bond donors (Lipinski definition) is 0. The molecule has 17 heavy (non-hydrogen) atoms. The molecular weight excluding hydrogens is 222 g/mol. The summed E-state index contributed by atoms with van der Waals surface area (Å²) >= 11 is 0. The molecule has 0 aliphatic heterocycles. The summed E-state index contributed by atoms with van der Waals surface area (Å²) in [6.07, 6.45) is 0. The minimum atomic E-state index is -1.41. The first-order chi connectivity index (χ1) is 8.02. The van der Waals surface area contributed by atoms with Crippen LogP contribution in [0.2, 0.25) is 0 Å². The Morgan fingerprint density at radius 3 is 2.00 bits per heavy atom.